The molecule has 0 aliphatic rings. The van der Waals surface area contributed by atoms with Crippen LogP contribution in [0.2, 0.25) is 0 Å². The highest BCUT2D eigenvalue weighted by molar-refractivity contribution is 6.10. The number of imidazole rings is 1. The van der Waals surface area contributed by atoms with Crippen molar-refractivity contribution in [2.45, 2.75) is 0 Å². The van der Waals surface area contributed by atoms with Gasteiger partial charge in [0.1, 0.15) is 5.65 Å². The molecule has 0 atom stereocenters. The number of nitrogens with zero attached hydrogens (tertiary/aromatic N) is 4. The maximum atomic E-state index is 2.43. The maximum absolute atomic E-state index is 2.43. The van der Waals surface area contributed by atoms with Crippen molar-refractivity contribution >= 4 is 66.5 Å². The van der Waals surface area contributed by atoms with Gasteiger partial charge in [-0.15, -0.1) is 0 Å². The number of para-hydroxylation sites is 6. The molecule has 254 valence electrons. The van der Waals surface area contributed by atoms with Gasteiger partial charge in [0.25, 0.3) is 0 Å². The SMILES string of the molecule is c1ccc(-c2c3ccccc3n3c4ccccc4n(-c4ccc(N(c5ccccc5)c5ccc(-n6c7ccccc7c7ccccc76)cc5)cc4)c23)cc1. The fraction of sp³-hybridized carbons (Fsp3) is 0. The number of hydrogen-bond acceptors (Lipinski definition) is 1. The van der Waals surface area contributed by atoms with E-state index in [0.29, 0.717) is 0 Å². The van der Waals surface area contributed by atoms with Gasteiger partial charge < -0.3 is 9.47 Å². The Kier molecular flexibility index (Phi) is 6.82. The Balaban J connectivity index is 1.06. The molecule has 0 unspecified atom stereocenters. The average Bonchev–Trinajstić information content (AvgIpc) is 3.88. The Morgan fingerprint density at radius 1 is 0.296 bits per heavy atom. The lowest BCUT2D eigenvalue weighted by molar-refractivity contribution is 1.14. The molecule has 0 spiro atoms. The van der Waals surface area contributed by atoms with Gasteiger partial charge in [-0.05, 0) is 96.6 Å². The van der Waals surface area contributed by atoms with Crippen molar-refractivity contribution in [3.63, 3.8) is 0 Å². The molecule has 4 nitrogen and oxygen atoms in total. The van der Waals surface area contributed by atoms with Crippen molar-refractivity contribution in [1.82, 2.24) is 13.5 Å². The van der Waals surface area contributed by atoms with E-state index in [0.717, 1.165) is 34.1 Å². The zero-order chi connectivity index (χ0) is 35.6. The van der Waals surface area contributed by atoms with Gasteiger partial charge in [-0.2, -0.15) is 0 Å². The summed E-state index contributed by atoms with van der Waals surface area (Å²) in [5.74, 6) is 0. The molecule has 0 radical (unpaired) electrons. The van der Waals surface area contributed by atoms with Crippen molar-refractivity contribution < 1.29 is 0 Å². The summed E-state index contributed by atoms with van der Waals surface area (Å²) < 4.78 is 7.22. The van der Waals surface area contributed by atoms with Crippen LogP contribution in [-0.4, -0.2) is 13.5 Å². The molecule has 4 heteroatoms. The van der Waals surface area contributed by atoms with Gasteiger partial charge in [0.15, 0.2) is 0 Å². The topological polar surface area (TPSA) is 17.5 Å². The number of rotatable bonds is 6. The molecule has 11 aromatic rings. The first-order valence-electron chi connectivity index (χ1n) is 18.5. The van der Waals surface area contributed by atoms with E-state index in [1.54, 1.807) is 0 Å². The van der Waals surface area contributed by atoms with Gasteiger partial charge in [-0.25, -0.2) is 0 Å². The van der Waals surface area contributed by atoms with Crippen molar-refractivity contribution in [2.24, 2.45) is 0 Å². The van der Waals surface area contributed by atoms with E-state index in [1.807, 2.05) is 0 Å². The minimum atomic E-state index is 1.09. The van der Waals surface area contributed by atoms with Crippen LogP contribution in [0, 0.1) is 0 Å². The van der Waals surface area contributed by atoms with Crippen molar-refractivity contribution in [3.8, 4) is 22.5 Å². The third kappa shape index (κ3) is 4.57. The van der Waals surface area contributed by atoms with E-state index < -0.39 is 0 Å². The molecule has 0 bridgehead atoms. The van der Waals surface area contributed by atoms with Crippen molar-refractivity contribution in [1.29, 1.82) is 0 Å². The molecule has 0 aliphatic carbocycles. The van der Waals surface area contributed by atoms with E-state index in [9.17, 15) is 0 Å². The predicted molar refractivity (Wildman–Crippen MR) is 226 cm³/mol. The van der Waals surface area contributed by atoms with Crippen molar-refractivity contribution in [3.05, 3.63) is 206 Å². The Bertz CT molecular complexity index is 3080. The Labute approximate surface area is 312 Å². The molecule has 8 aromatic carbocycles. The van der Waals surface area contributed by atoms with Crippen LogP contribution in [-0.2, 0) is 0 Å². The van der Waals surface area contributed by atoms with Crippen LogP contribution in [0.25, 0.3) is 71.9 Å². The Morgan fingerprint density at radius 2 is 0.722 bits per heavy atom. The molecule has 0 saturated heterocycles. The highest BCUT2D eigenvalue weighted by Crippen LogP contribution is 2.42. The molecule has 54 heavy (non-hydrogen) atoms. The van der Waals surface area contributed by atoms with Gasteiger partial charge in [0.05, 0.1) is 27.6 Å². The fourth-order valence-electron chi connectivity index (χ4n) is 8.52. The molecule has 3 heterocycles. The molecule has 3 aromatic heterocycles. The minimum Gasteiger partial charge on any atom is -0.311 e. The predicted octanol–water partition coefficient (Wildman–Crippen LogP) is 13.3. The first-order valence-corrected chi connectivity index (χ1v) is 18.5. The van der Waals surface area contributed by atoms with Crippen molar-refractivity contribution in [2.75, 3.05) is 4.90 Å². The summed E-state index contributed by atoms with van der Waals surface area (Å²) in [7, 11) is 0. The lowest BCUT2D eigenvalue weighted by atomic mass is 10.0. The summed E-state index contributed by atoms with van der Waals surface area (Å²) >= 11 is 0. The van der Waals surface area contributed by atoms with Gasteiger partial charge >= 0.3 is 0 Å². The van der Waals surface area contributed by atoms with Crippen LogP contribution in [0.15, 0.2) is 206 Å². The average molecular weight is 691 g/mol. The lowest BCUT2D eigenvalue weighted by Crippen LogP contribution is -2.10. The highest BCUT2D eigenvalue weighted by atomic mass is 15.2. The van der Waals surface area contributed by atoms with Crippen LogP contribution in [0.1, 0.15) is 0 Å². The first-order chi connectivity index (χ1) is 26.8. The standard InChI is InChI=1S/C50H34N4/c1-3-15-35(16-4-1)49-43-21-9-12-24-46(43)54-48-26-14-13-25-47(48)53(50(49)54)40-33-29-38(30-34-40)51(36-17-5-2-6-18-36)37-27-31-39(32-28-37)52-44-22-10-7-19-41(44)42-20-8-11-23-45(42)52/h1-34H. The lowest BCUT2D eigenvalue weighted by Gasteiger charge is -2.26. The van der Waals surface area contributed by atoms with Crippen LogP contribution in [0.4, 0.5) is 17.1 Å². The number of aromatic nitrogens is 3. The number of benzene rings is 8. The van der Waals surface area contributed by atoms with Crippen LogP contribution in [0.3, 0.4) is 0 Å². The highest BCUT2D eigenvalue weighted by Gasteiger charge is 2.22. The number of hydrogen-bond donors (Lipinski definition) is 0. The monoisotopic (exact) mass is 690 g/mol. The van der Waals surface area contributed by atoms with E-state index in [2.05, 4.69) is 225 Å². The summed E-state index contributed by atoms with van der Waals surface area (Å²) in [6.45, 7) is 0. The Morgan fingerprint density at radius 3 is 1.31 bits per heavy atom. The maximum Gasteiger partial charge on any atom is 0.131 e. The number of fused-ring (bicyclic) bond motifs is 8. The van der Waals surface area contributed by atoms with E-state index in [4.69, 9.17) is 0 Å². The van der Waals surface area contributed by atoms with E-state index >= 15 is 0 Å². The van der Waals surface area contributed by atoms with Crippen LogP contribution in [0.5, 0.6) is 0 Å². The third-order valence-electron chi connectivity index (χ3n) is 10.8. The normalized spacial score (nSPS) is 11.7. The summed E-state index contributed by atoms with van der Waals surface area (Å²) in [5.41, 5.74) is 15.1. The van der Waals surface area contributed by atoms with Gasteiger partial charge in [-0.1, -0.05) is 115 Å². The first kappa shape index (κ1) is 30.3. The summed E-state index contributed by atoms with van der Waals surface area (Å²) in [6, 6.07) is 74.2. The molecule has 11 rings (SSSR count). The largest absolute Gasteiger partial charge is 0.311 e. The quantitative estimate of drug-likeness (QED) is 0.170. The van der Waals surface area contributed by atoms with E-state index in [-0.39, 0.29) is 0 Å². The molecular weight excluding hydrogens is 657 g/mol. The smallest absolute Gasteiger partial charge is 0.131 e. The van der Waals surface area contributed by atoms with Gasteiger partial charge in [0, 0.05) is 50.2 Å². The molecule has 0 N–H and O–H groups in total. The van der Waals surface area contributed by atoms with Crippen LogP contribution >= 0.6 is 0 Å². The number of anilines is 3. The van der Waals surface area contributed by atoms with Crippen LogP contribution < -0.4 is 4.90 Å². The molecule has 0 amide bonds. The summed E-state index contributed by atoms with van der Waals surface area (Å²) in [6.07, 6.45) is 0. The summed E-state index contributed by atoms with van der Waals surface area (Å²) in [4.78, 5) is 2.34. The zero-order valence-electron chi connectivity index (χ0n) is 29.4. The second-order valence-corrected chi connectivity index (χ2v) is 13.8. The zero-order valence-corrected chi connectivity index (χ0v) is 29.4. The fourth-order valence-corrected chi connectivity index (χ4v) is 8.52. The second kappa shape index (κ2) is 12.1. The Hall–Kier alpha value is -7.30. The molecule has 0 aliphatic heterocycles. The van der Waals surface area contributed by atoms with Gasteiger partial charge in [0.2, 0.25) is 0 Å². The second-order valence-electron chi connectivity index (χ2n) is 13.8. The third-order valence-corrected chi connectivity index (χ3v) is 10.8. The minimum absolute atomic E-state index is 1.09. The summed E-state index contributed by atoms with van der Waals surface area (Å²) in [5, 5.41) is 3.77. The molecule has 0 saturated carbocycles. The van der Waals surface area contributed by atoms with E-state index in [1.165, 1.54) is 54.9 Å². The molecule has 0 fully saturated rings. The van der Waals surface area contributed by atoms with Gasteiger partial charge in [-0.3, -0.25) is 8.97 Å². The molecular formula is C50H34N4.